The second-order valence-corrected chi connectivity index (χ2v) is 4.59. The molecule has 0 saturated carbocycles. The fraction of sp³-hybridized carbons (Fsp3) is 0.0714. The molecule has 1 atom stereocenters. The van der Waals surface area contributed by atoms with Gasteiger partial charge in [-0.15, -0.1) is 0 Å². The van der Waals surface area contributed by atoms with E-state index in [0.29, 0.717) is 5.56 Å². The Balaban J connectivity index is 2.30. The summed E-state index contributed by atoms with van der Waals surface area (Å²) in [5.74, 6) is -0.537. The molecule has 7 heteroatoms. The van der Waals surface area contributed by atoms with Crippen molar-refractivity contribution in [1.82, 2.24) is 0 Å². The predicted octanol–water partition coefficient (Wildman–Crippen LogP) is 2.85. The molecule has 21 heavy (non-hydrogen) atoms. The second kappa shape index (κ2) is 6.23. The Labute approximate surface area is 125 Å². The van der Waals surface area contributed by atoms with Crippen LogP contribution in [-0.4, -0.2) is 10.8 Å². The van der Waals surface area contributed by atoms with Gasteiger partial charge in [-0.05, 0) is 6.07 Å². The zero-order valence-corrected chi connectivity index (χ0v) is 11.5. The van der Waals surface area contributed by atoms with E-state index in [2.05, 4.69) is 0 Å². The highest BCUT2D eigenvalue weighted by atomic mass is 35.5. The van der Waals surface area contributed by atoms with Crippen molar-refractivity contribution < 1.29 is 14.5 Å². The number of nitrogens with two attached hydrogens (primary N) is 1. The molecule has 0 aliphatic carbocycles. The summed E-state index contributed by atoms with van der Waals surface area (Å²) in [6.45, 7) is 0. The van der Waals surface area contributed by atoms with Gasteiger partial charge in [0.25, 0.3) is 11.6 Å². The lowest BCUT2D eigenvalue weighted by Crippen LogP contribution is -2.26. The highest BCUT2D eigenvalue weighted by Crippen LogP contribution is 2.32. The van der Waals surface area contributed by atoms with Crippen molar-refractivity contribution >= 4 is 23.2 Å². The Morgan fingerprint density at radius 3 is 2.43 bits per heavy atom. The molecular formula is C14H11ClN2O4. The first-order chi connectivity index (χ1) is 9.99. The third-order valence-corrected chi connectivity index (χ3v) is 3.03. The van der Waals surface area contributed by atoms with E-state index in [1.54, 1.807) is 30.3 Å². The Morgan fingerprint density at radius 2 is 1.90 bits per heavy atom. The van der Waals surface area contributed by atoms with Gasteiger partial charge in [0.1, 0.15) is 5.75 Å². The van der Waals surface area contributed by atoms with Gasteiger partial charge in [0.05, 0.1) is 9.95 Å². The topological polar surface area (TPSA) is 95.5 Å². The number of nitro groups is 1. The summed E-state index contributed by atoms with van der Waals surface area (Å²) < 4.78 is 5.50. The van der Waals surface area contributed by atoms with Gasteiger partial charge < -0.3 is 10.5 Å². The summed E-state index contributed by atoms with van der Waals surface area (Å²) >= 11 is 5.93. The number of ether oxygens (including phenoxy) is 1. The number of rotatable bonds is 5. The van der Waals surface area contributed by atoms with E-state index in [0.717, 1.165) is 6.07 Å². The van der Waals surface area contributed by atoms with Gasteiger partial charge in [0.2, 0.25) is 6.10 Å². The number of benzene rings is 2. The molecule has 108 valence electrons. The Hall–Kier alpha value is -2.60. The number of hydrogen-bond donors (Lipinski definition) is 1. The Bertz CT molecular complexity index is 676. The van der Waals surface area contributed by atoms with Crippen LogP contribution in [0, 0.1) is 10.1 Å². The molecule has 1 unspecified atom stereocenters. The van der Waals surface area contributed by atoms with Crippen molar-refractivity contribution in [1.29, 1.82) is 0 Å². The number of amides is 1. The molecule has 2 aromatic carbocycles. The fourth-order valence-electron chi connectivity index (χ4n) is 1.74. The number of carbonyl (C=O) groups excluding carboxylic acids is 1. The number of primary amides is 1. The average molecular weight is 307 g/mol. The first kappa shape index (κ1) is 14.8. The predicted molar refractivity (Wildman–Crippen MR) is 77.1 cm³/mol. The van der Waals surface area contributed by atoms with Crippen LogP contribution < -0.4 is 10.5 Å². The monoisotopic (exact) mass is 306 g/mol. The van der Waals surface area contributed by atoms with Crippen molar-refractivity contribution in [2.45, 2.75) is 6.10 Å². The van der Waals surface area contributed by atoms with E-state index in [-0.39, 0.29) is 16.5 Å². The standard InChI is InChI=1S/C14H11ClN2O4/c15-11-8-10(17(19)20)6-7-12(11)21-13(14(16)18)9-4-2-1-3-5-9/h1-8,13H,(H2,16,18). The Morgan fingerprint density at radius 1 is 1.24 bits per heavy atom. The normalized spacial score (nSPS) is 11.7. The molecular weight excluding hydrogens is 296 g/mol. The van der Waals surface area contributed by atoms with E-state index in [9.17, 15) is 14.9 Å². The minimum absolute atomic E-state index is 0.0337. The van der Waals surface area contributed by atoms with Crippen molar-refractivity contribution in [3.8, 4) is 5.75 Å². The zero-order chi connectivity index (χ0) is 15.4. The van der Waals surface area contributed by atoms with Crippen molar-refractivity contribution in [3.05, 3.63) is 69.2 Å². The second-order valence-electron chi connectivity index (χ2n) is 4.18. The van der Waals surface area contributed by atoms with Crippen LogP contribution in [0.15, 0.2) is 48.5 Å². The van der Waals surface area contributed by atoms with E-state index in [4.69, 9.17) is 22.1 Å². The molecule has 0 fully saturated rings. The lowest BCUT2D eigenvalue weighted by molar-refractivity contribution is -0.384. The third kappa shape index (κ3) is 3.49. The van der Waals surface area contributed by atoms with Gasteiger partial charge in [-0.2, -0.15) is 0 Å². The maximum atomic E-state index is 11.5. The quantitative estimate of drug-likeness (QED) is 0.678. The first-order valence-electron chi connectivity index (χ1n) is 5.94. The molecule has 0 saturated heterocycles. The van der Waals surface area contributed by atoms with E-state index in [1.165, 1.54) is 12.1 Å². The maximum absolute atomic E-state index is 11.5. The molecule has 0 heterocycles. The lowest BCUT2D eigenvalue weighted by Gasteiger charge is -2.17. The van der Waals surface area contributed by atoms with Gasteiger partial charge in [0.15, 0.2) is 0 Å². The van der Waals surface area contributed by atoms with Gasteiger partial charge in [-0.25, -0.2) is 0 Å². The highest BCUT2D eigenvalue weighted by molar-refractivity contribution is 6.32. The molecule has 0 radical (unpaired) electrons. The number of non-ortho nitro benzene ring substituents is 1. The number of nitrogens with zero attached hydrogens (tertiary/aromatic N) is 1. The van der Waals surface area contributed by atoms with Crippen LogP contribution in [0.5, 0.6) is 5.75 Å². The molecule has 0 aliphatic rings. The minimum Gasteiger partial charge on any atom is -0.474 e. The first-order valence-corrected chi connectivity index (χ1v) is 6.31. The minimum atomic E-state index is -1.02. The summed E-state index contributed by atoms with van der Waals surface area (Å²) in [5, 5.41) is 10.7. The fourth-order valence-corrected chi connectivity index (χ4v) is 1.96. The number of nitro benzene ring substituents is 1. The van der Waals surface area contributed by atoms with Crippen LogP contribution in [0.3, 0.4) is 0 Å². The molecule has 1 amide bonds. The van der Waals surface area contributed by atoms with Crippen LogP contribution in [0.1, 0.15) is 11.7 Å². The molecule has 0 aromatic heterocycles. The van der Waals surface area contributed by atoms with E-state index in [1.807, 2.05) is 0 Å². The lowest BCUT2D eigenvalue weighted by atomic mass is 10.1. The number of hydrogen-bond acceptors (Lipinski definition) is 4. The molecule has 2 rings (SSSR count). The smallest absolute Gasteiger partial charge is 0.271 e. The van der Waals surface area contributed by atoms with Crippen LogP contribution in [-0.2, 0) is 4.79 Å². The van der Waals surface area contributed by atoms with Crippen molar-refractivity contribution in [3.63, 3.8) is 0 Å². The van der Waals surface area contributed by atoms with E-state index < -0.39 is 16.9 Å². The highest BCUT2D eigenvalue weighted by Gasteiger charge is 2.21. The van der Waals surface area contributed by atoms with Gasteiger partial charge in [0, 0.05) is 17.7 Å². The van der Waals surface area contributed by atoms with Crippen molar-refractivity contribution in [2.24, 2.45) is 5.73 Å². The third-order valence-electron chi connectivity index (χ3n) is 2.73. The van der Waals surface area contributed by atoms with Crippen LogP contribution in [0.25, 0.3) is 0 Å². The van der Waals surface area contributed by atoms with E-state index >= 15 is 0 Å². The van der Waals surface area contributed by atoms with Gasteiger partial charge in [-0.3, -0.25) is 14.9 Å². The zero-order valence-electron chi connectivity index (χ0n) is 10.7. The molecule has 0 aliphatic heterocycles. The summed E-state index contributed by atoms with van der Waals surface area (Å²) in [6, 6.07) is 12.4. The van der Waals surface area contributed by atoms with Crippen LogP contribution in [0.4, 0.5) is 5.69 Å². The number of halogens is 1. The summed E-state index contributed by atoms with van der Waals surface area (Å²) in [4.78, 5) is 21.6. The largest absolute Gasteiger partial charge is 0.474 e. The molecule has 0 bridgehead atoms. The maximum Gasteiger partial charge on any atom is 0.271 e. The summed E-state index contributed by atoms with van der Waals surface area (Å²) in [7, 11) is 0. The summed E-state index contributed by atoms with van der Waals surface area (Å²) in [6.07, 6.45) is -1.02. The average Bonchev–Trinajstić information content (AvgIpc) is 2.46. The molecule has 2 aromatic rings. The summed E-state index contributed by atoms with van der Waals surface area (Å²) in [5.41, 5.74) is 5.73. The van der Waals surface area contributed by atoms with Crippen molar-refractivity contribution in [2.75, 3.05) is 0 Å². The van der Waals surface area contributed by atoms with Gasteiger partial charge >= 0.3 is 0 Å². The molecule has 2 N–H and O–H groups in total. The van der Waals surface area contributed by atoms with Crippen LogP contribution >= 0.6 is 11.6 Å². The van der Waals surface area contributed by atoms with Gasteiger partial charge in [-0.1, -0.05) is 41.9 Å². The molecule has 6 nitrogen and oxygen atoms in total. The van der Waals surface area contributed by atoms with Crippen LogP contribution in [0.2, 0.25) is 5.02 Å². The number of carbonyl (C=O) groups is 1. The molecule has 0 spiro atoms. The SMILES string of the molecule is NC(=O)C(Oc1ccc([N+](=O)[O-])cc1Cl)c1ccccc1. The Kier molecular flexibility index (Phi) is 4.39.